The van der Waals surface area contributed by atoms with Gasteiger partial charge in [-0.1, -0.05) is 13.0 Å². The molecule has 0 saturated carbocycles. The first-order chi connectivity index (χ1) is 15.7. The number of aryl methyl sites for hydroxylation is 2. The zero-order valence-corrected chi connectivity index (χ0v) is 20.5. The highest BCUT2D eigenvalue weighted by molar-refractivity contribution is 7.92. The summed E-state index contributed by atoms with van der Waals surface area (Å²) in [5.41, 5.74) is 3.72. The van der Waals surface area contributed by atoms with Gasteiger partial charge in [0, 0.05) is 44.8 Å². The minimum absolute atomic E-state index is 0.0413. The molecule has 0 atom stereocenters. The molecule has 178 valence electrons. The van der Waals surface area contributed by atoms with Crippen LogP contribution in [0.2, 0.25) is 0 Å². The van der Waals surface area contributed by atoms with Crippen LogP contribution in [0.15, 0.2) is 41.3 Å². The summed E-state index contributed by atoms with van der Waals surface area (Å²) in [4.78, 5) is 17.4. The third-order valence-corrected chi connectivity index (χ3v) is 8.17. The van der Waals surface area contributed by atoms with Gasteiger partial charge >= 0.3 is 0 Å². The van der Waals surface area contributed by atoms with Crippen LogP contribution in [0.3, 0.4) is 0 Å². The molecular formula is C25H34N4O3S. The topological polar surface area (TPSA) is 81.8 Å². The molecule has 8 heteroatoms. The van der Waals surface area contributed by atoms with Gasteiger partial charge in [0.1, 0.15) is 0 Å². The number of piperazine rings is 1. The maximum absolute atomic E-state index is 13.3. The molecule has 7 nitrogen and oxygen atoms in total. The largest absolute Gasteiger partial charge is 0.367 e. The van der Waals surface area contributed by atoms with Gasteiger partial charge in [-0.2, -0.15) is 0 Å². The number of hydrogen-bond donors (Lipinski definition) is 2. The van der Waals surface area contributed by atoms with Gasteiger partial charge in [-0.25, -0.2) is 8.42 Å². The van der Waals surface area contributed by atoms with Crippen molar-refractivity contribution in [2.24, 2.45) is 5.92 Å². The average molecular weight is 471 g/mol. The first kappa shape index (κ1) is 23.6. The summed E-state index contributed by atoms with van der Waals surface area (Å²) in [5.74, 6) is 0.588. The Morgan fingerprint density at radius 1 is 0.970 bits per heavy atom. The summed E-state index contributed by atoms with van der Waals surface area (Å²) in [6.07, 6.45) is 1.99. The first-order valence-corrected chi connectivity index (χ1v) is 13.2. The Hall–Kier alpha value is -2.58. The molecule has 0 spiro atoms. The van der Waals surface area contributed by atoms with Crippen LogP contribution in [0.5, 0.6) is 0 Å². The summed E-state index contributed by atoms with van der Waals surface area (Å²) in [6.45, 7) is 10.8. The Morgan fingerprint density at radius 3 is 2.33 bits per heavy atom. The van der Waals surface area contributed by atoms with Gasteiger partial charge in [-0.05, 0) is 74.1 Å². The maximum atomic E-state index is 13.3. The van der Waals surface area contributed by atoms with Crippen LogP contribution in [0.1, 0.15) is 41.3 Å². The van der Waals surface area contributed by atoms with E-state index in [9.17, 15) is 13.2 Å². The van der Waals surface area contributed by atoms with E-state index in [-0.39, 0.29) is 10.8 Å². The van der Waals surface area contributed by atoms with Crippen LogP contribution >= 0.6 is 0 Å². The standard InChI is InChI=1S/C25H34N4O3S/c1-18-8-12-29(13-9-18)25(30)21-5-7-24(28-14-10-26-11-15-28)23(17-21)27-33(31,32)22-6-4-19(2)20(3)16-22/h4-7,16-18,26-27H,8-15H2,1-3H3. The fraction of sp³-hybridized carbons (Fsp3) is 0.480. The SMILES string of the molecule is Cc1ccc(S(=O)(=O)Nc2cc(C(=O)N3CCC(C)CC3)ccc2N2CCNCC2)cc1C. The number of hydrogen-bond acceptors (Lipinski definition) is 5. The predicted molar refractivity (Wildman–Crippen MR) is 133 cm³/mol. The average Bonchev–Trinajstić information content (AvgIpc) is 2.81. The number of rotatable bonds is 5. The Bertz CT molecular complexity index is 1120. The quantitative estimate of drug-likeness (QED) is 0.700. The Balaban J connectivity index is 1.67. The normalized spacial score (nSPS) is 17.8. The minimum Gasteiger partial charge on any atom is -0.367 e. The highest BCUT2D eigenvalue weighted by Gasteiger charge is 2.25. The van der Waals surface area contributed by atoms with E-state index in [1.54, 1.807) is 18.2 Å². The zero-order valence-electron chi connectivity index (χ0n) is 19.7. The Labute approximate surface area is 197 Å². The molecule has 4 rings (SSSR count). The number of piperidine rings is 1. The van der Waals surface area contributed by atoms with E-state index >= 15 is 0 Å². The molecule has 2 aromatic rings. The molecular weight excluding hydrogens is 436 g/mol. The molecule has 0 aliphatic carbocycles. The lowest BCUT2D eigenvalue weighted by atomic mass is 9.98. The number of likely N-dealkylation sites (tertiary alicyclic amines) is 1. The molecule has 2 aromatic carbocycles. The van der Waals surface area contributed by atoms with Gasteiger partial charge in [0.2, 0.25) is 0 Å². The molecule has 2 aliphatic rings. The Kier molecular flexibility index (Phi) is 6.95. The van der Waals surface area contributed by atoms with Crippen molar-refractivity contribution in [3.63, 3.8) is 0 Å². The second-order valence-electron chi connectivity index (χ2n) is 9.30. The van der Waals surface area contributed by atoms with Gasteiger partial charge < -0.3 is 15.1 Å². The molecule has 33 heavy (non-hydrogen) atoms. The molecule has 0 aromatic heterocycles. The summed E-state index contributed by atoms with van der Waals surface area (Å²) >= 11 is 0. The maximum Gasteiger partial charge on any atom is 0.261 e. The van der Waals surface area contributed by atoms with Crippen LogP contribution in [-0.4, -0.2) is 58.5 Å². The lowest BCUT2D eigenvalue weighted by Crippen LogP contribution is -2.44. The zero-order chi connectivity index (χ0) is 23.6. The number of nitrogens with one attached hydrogen (secondary N) is 2. The second kappa shape index (κ2) is 9.73. The van der Waals surface area contributed by atoms with Crippen LogP contribution < -0.4 is 14.9 Å². The molecule has 2 fully saturated rings. The molecule has 0 bridgehead atoms. The molecule has 2 saturated heterocycles. The lowest BCUT2D eigenvalue weighted by Gasteiger charge is -2.32. The monoisotopic (exact) mass is 470 g/mol. The third kappa shape index (κ3) is 5.33. The number of carbonyl (C=O) groups excluding carboxylic acids is 1. The van der Waals surface area contributed by atoms with Gasteiger partial charge in [0.05, 0.1) is 16.3 Å². The van der Waals surface area contributed by atoms with E-state index in [2.05, 4.69) is 21.9 Å². The van der Waals surface area contributed by atoms with E-state index in [1.807, 2.05) is 36.9 Å². The number of carbonyl (C=O) groups is 1. The van der Waals surface area contributed by atoms with Crippen molar-refractivity contribution in [1.29, 1.82) is 0 Å². The first-order valence-electron chi connectivity index (χ1n) is 11.7. The number of amides is 1. The third-order valence-electron chi connectivity index (χ3n) is 6.81. The van der Waals surface area contributed by atoms with E-state index < -0.39 is 10.0 Å². The van der Waals surface area contributed by atoms with Crippen LogP contribution in [0, 0.1) is 19.8 Å². The number of sulfonamides is 1. The second-order valence-corrected chi connectivity index (χ2v) is 11.0. The van der Waals surface area contributed by atoms with Crippen LogP contribution in [0.4, 0.5) is 11.4 Å². The van der Waals surface area contributed by atoms with Gasteiger partial charge in [-0.3, -0.25) is 9.52 Å². The molecule has 0 unspecified atom stereocenters. The summed E-state index contributed by atoms with van der Waals surface area (Å²) in [7, 11) is -3.81. The highest BCUT2D eigenvalue weighted by atomic mass is 32.2. The van der Waals surface area contributed by atoms with Crippen molar-refractivity contribution in [1.82, 2.24) is 10.2 Å². The van der Waals surface area contributed by atoms with Crippen LogP contribution in [-0.2, 0) is 10.0 Å². The number of nitrogens with zero attached hydrogens (tertiary/aromatic N) is 2. The van der Waals surface area contributed by atoms with Crippen molar-refractivity contribution in [3.05, 3.63) is 53.1 Å². The molecule has 2 N–H and O–H groups in total. The molecule has 2 aliphatic heterocycles. The number of benzene rings is 2. The summed E-state index contributed by atoms with van der Waals surface area (Å²) in [5, 5.41) is 3.32. The predicted octanol–water partition coefficient (Wildman–Crippen LogP) is 3.39. The fourth-order valence-corrected chi connectivity index (χ4v) is 5.56. The minimum atomic E-state index is -3.81. The fourth-order valence-electron chi connectivity index (χ4n) is 4.41. The van der Waals surface area contributed by atoms with E-state index in [0.717, 1.165) is 68.9 Å². The van der Waals surface area contributed by atoms with Crippen molar-refractivity contribution in [2.75, 3.05) is 48.9 Å². The summed E-state index contributed by atoms with van der Waals surface area (Å²) < 4.78 is 29.4. The van der Waals surface area contributed by atoms with Gasteiger partial charge in [0.25, 0.3) is 15.9 Å². The lowest BCUT2D eigenvalue weighted by molar-refractivity contribution is 0.0697. The van der Waals surface area contributed by atoms with E-state index in [1.165, 1.54) is 0 Å². The Morgan fingerprint density at radius 2 is 1.67 bits per heavy atom. The van der Waals surface area contributed by atoms with E-state index in [4.69, 9.17) is 0 Å². The van der Waals surface area contributed by atoms with Gasteiger partial charge in [0.15, 0.2) is 0 Å². The highest BCUT2D eigenvalue weighted by Crippen LogP contribution is 2.31. The van der Waals surface area contributed by atoms with Crippen molar-refractivity contribution < 1.29 is 13.2 Å². The van der Waals surface area contributed by atoms with Gasteiger partial charge in [-0.15, -0.1) is 0 Å². The molecule has 1 amide bonds. The van der Waals surface area contributed by atoms with Crippen molar-refractivity contribution in [3.8, 4) is 0 Å². The molecule has 2 heterocycles. The number of anilines is 2. The summed E-state index contributed by atoms with van der Waals surface area (Å²) in [6, 6.07) is 10.5. The molecule has 0 radical (unpaired) electrons. The van der Waals surface area contributed by atoms with Crippen LogP contribution in [0.25, 0.3) is 0 Å². The van der Waals surface area contributed by atoms with Crippen molar-refractivity contribution in [2.45, 2.75) is 38.5 Å². The smallest absolute Gasteiger partial charge is 0.261 e. The van der Waals surface area contributed by atoms with Crippen molar-refractivity contribution >= 4 is 27.3 Å². The van der Waals surface area contributed by atoms with E-state index in [0.29, 0.717) is 17.2 Å².